The van der Waals surface area contributed by atoms with Gasteiger partial charge in [0, 0.05) is 43.2 Å². The van der Waals surface area contributed by atoms with Crippen molar-refractivity contribution >= 4 is 11.8 Å². The zero-order chi connectivity index (χ0) is 22.7. The fraction of sp³-hybridized carbons (Fsp3) is 0.440. The lowest BCUT2D eigenvalue weighted by molar-refractivity contribution is -0.139. The summed E-state index contributed by atoms with van der Waals surface area (Å²) in [5.41, 5.74) is 2.62. The van der Waals surface area contributed by atoms with Gasteiger partial charge in [0.05, 0.1) is 33.4 Å². The third kappa shape index (κ3) is 4.43. The predicted octanol–water partition coefficient (Wildman–Crippen LogP) is 2.73. The Morgan fingerprint density at radius 1 is 0.938 bits per heavy atom. The van der Waals surface area contributed by atoms with E-state index in [-0.39, 0.29) is 23.7 Å². The summed E-state index contributed by atoms with van der Waals surface area (Å²) in [4.78, 5) is 30.5. The molecule has 7 nitrogen and oxygen atoms in total. The Hall–Kier alpha value is -3.06. The fourth-order valence-electron chi connectivity index (χ4n) is 4.56. The van der Waals surface area contributed by atoms with Gasteiger partial charge < -0.3 is 24.0 Å². The van der Waals surface area contributed by atoms with Gasteiger partial charge in [-0.2, -0.15) is 0 Å². The Morgan fingerprint density at radius 2 is 1.66 bits per heavy atom. The number of carbonyl (C=O) groups is 2. The highest BCUT2D eigenvalue weighted by atomic mass is 16.5. The number of likely N-dealkylation sites (tertiary alicyclic amines) is 1. The SMILES string of the molecule is COc1ccc(OC)c([C@@H]2CN(C(=O)c3ccc(C)cc3)C[C@H]2C(=O)N2CCOCC2)c1. The minimum absolute atomic E-state index is 0.0578. The molecule has 2 atom stereocenters. The van der Waals surface area contributed by atoms with Crippen molar-refractivity contribution in [1.82, 2.24) is 9.80 Å². The first-order valence-electron chi connectivity index (χ1n) is 11.0. The van der Waals surface area contributed by atoms with Crippen LogP contribution in [0.15, 0.2) is 42.5 Å². The van der Waals surface area contributed by atoms with Crippen LogP contribution >= 0.6 is 0 Å². The lowest BCUT2D eigenvalue weighted by Gasteiger charge is -2.31. The molecule has 0 unspecified atom stereocenters. The summed E-state index contributed by atoms with van der Waals surface area (Å²) in [5.74, 6) is 0.840. The molecular weight excluding hydrogens is 408 g/mol. The van der Waals surface area contributed by atoms with Crippen LogP contribution in [0.4, 0.5) is 0 Å². The Bertz CT molecular complexity index is 969. The summed E-state index contributed by atoms with van der Waals surface area (Å²) in [6.45, 7) is 5.03. The summed E-state index contributed by atoms with van der Waals surface area (Å²) in [5, 5.41) is 0. The van der Waals surface area contributed by atoms with Crippen LogP contribution in [0.25, 0.3) is 0 Å². The number of amides is 2. The van der Waals surface area contributed by atoms with Crippen molar-refractivity contribution in [2.24, 2.45) is 5.92 Å². The van der Waals surface area contributed by atoms with E-state index in [1.807, 2.05) is 54.3 Å². The van der Waals surface area contributed by atoms with Crippen LogP contribution < -0.4 is 9.47 Å². The molecule has 2 fully saturated rings. The normalized spacial score (nSPS) is 20.8. The van der Waals surface area contributed by atoms with Gasteiger partial charge in [0.15, 0.2) is 0 Å². The lowest BCUT2D eigenvalue weighted by atomic mass is 9.87. The zero-order valence-corrected chi connectivity index (χ0v) is 18.9. The summed E-state index contributed by atoms with van der Waals surface area (Å²) in [6, 6.07) is 13.2. The second-order valence-electron chi connectivity index (χ2n) is 8.33. The Morgan fingerprint density at radius 3 is 2.31 bits per heavy atom. The van der Waals surface area contributed by atoms with E-state index < -0.39 is 0 Å². The molecule has 32 heavy (non-hydrogen) atoms. The molecule has 0 radical (unpaired) electrons. The largest absolute Gasteiger partial charge is 0.497 e. The molecule has 2 aromatic carbocycles. The molecule has 7 heteroatoms. The van der Waals surface area contributed by atoms with Crippen molar-refractivity contribution < 1.29 is 23.8 Å². The van der Waals surface area contributed by atoms with Crippen LogP contribution in [0.2, 0.25) is 0 Å². The number of aryl methyl sites for hydroxylation is 1. The van der Waals surface area contributed by atoms with Crippen molar-refractivity contribution in [3.8, 4) is 11.5 Å². The number of rotatable bonds is 5. The van der Waals surface area contributed by atoms with E-state index >= 15 is 0 Å². The number of methoxy groups -OCH3 is 2. The van der Waals surface area contributed by atoms with E-state index in [1.54, 1.807) is 19.1 Å². The van der Waals surface area contributed by atoms with E-state index in [9.17, 15) is 9.59 Å². The number of hydrogen-bond donors (Lipinski definition) is 0. The number of carbonyl (C=O) groups excluding carboxylic acids is 2. The van der Waals surface area contributed by atoms with Crippen LogP contribution in [-0.2, 0) is 9.53 Å². The van der Waals surface area contributed by atoms with Gasteiger partial charge in [-0.25, -0.2) is 0 Å². The molecule has 2 amide bonds. The lowest BCUT2D eigenvalue weighted by Crippen LogP contribution is -2.45. The summed E-state index contributed by atoms with van der Waals surface area (Å²) in [7, 11) is 3.23. The van der Waals surface area contributed by atoms with E-state index in [0.29, 0.717) is 56.5 Å². The van der Waals surface area contributed by atoms with Gasteiger partial charge in [0.1, 0.15) is 11.5 Å². The molecule has 0 aromatic heterocycles. The minimum atomic E-state index is -0.358. The van der Waals surface area contributed by atoms with Crippen LogP contribution in [-0.4, -0.2) is 75.2 Å². The number of benzene rings is 2. The molecule has 170 valence electrons. The zero-order valence-electron chi connectivity index (χ0n) is 18.9. The van der Waals surface area contributed by atoms with E-state index in [2.05, 4.69) is 0 Å². The molecule has 2 saturated heterocycles. The van der Waals surface area contributed by atoms with Gasteiger partial charge >= 0.3 is 0 Å². The van der Waals surface area contributed by atoms with Crippen molar-refractivity contribution in [2.45, 2.75) is 12.8 Å². The van der Waals surface area contributed by atoms with Gasteiger partial charge in [0.2, 0.25) is 5.91 Å². The second kappa shape index (κ2) is 9.61. The van der Waals surface area contributed by atoms with Crippen molar-refractivity contribution in [2.75, 3.05) is 53.6 Å². The Balaban J connectivity index is 1.67. The number of hydrogen-bond acceptors (Lipinski definition) is 5. The van der Waals surface area contributed by atoms with Crippen LogP contribution in [0, 0.1) is 12.8 Å². The molecule has 2 heterocycles. The molecule has 0 aliphatic carbocycles. The van der Waals surface area contributed by atoms with Crippen LogP contribution in [0.3, 0.4) is 0 Å². The van der Waals surface area contributed by atoms with Gasteiger partial charge in [-0.15, -0.1) is 0 Å². The highest BCUT2D eigenvalue weighted by Crippen LogP contribution is 2.40. The summed E-state index contributed by atoms with van der Waals surface area (Å²) >= 11 is 0. The van der Waals surface area contributed by atoms with Gasteiger partial charge in [-0.05, 0) is 37.3 Å². The highest BCUT2D eigenvalue weighted by Gasteiger charge is 2.43. The molecule has 0 bridgehead atoms. The van der Waals surface area contributed by atoms with E-state index in [1.165, 1.54) is 0 Å². The fourth-order valence-corrected chi connectivity index (χ4v) is 4.56. The van der Waals surface area contributed by atoms with E-state index in [4.69, 9.17) is 14.2 Å². The topological polar surface area (TPSA) is 68.3 Å². The maximum Gasteiger partial charge on any atom is 0.253 e. The first kappa shape index (κ1) is 22.1. The quantitative estimate of drug-likeness (QED) is 0.718. The molecule has 0 saturated carbocycles. The first-order chi connectivity index (χ1) is 15.5. The first-order valence-corrected chi connectivity index (χ1v) is 11.0. The third-order valence-corrected chi connectivity index (χ3v) is 6.38. The summed E-state index contributed by atoms with van der Waals surface area (Å²) in [6.07, 6.45) is 0. The monoisotopic (exact) mass is 438 g/mol. The predicted molar refractivity (Wildman–Crippen MR) is 120 cm³/mol. The minimum Gasteiger partial charge on any atom is -0.497 e. The van der Waals surface area contributed by atoms with Crippen molar-refractivity contribution in [1.29, 1.82) is 0 Å². The van der Waals surface area contributed by atoms with Crippen molar-refractivity contribution in [3.63, 3.8) is 0 Å². The molecule has 2 aliphatic rings. The maximum absolute atomic E-state index is 13.5. The third-order valence-electron chi connectivity index (χ3n) is 6.38. The molecule has 0 spiro atoms. The Labute approximate surface area is 188 Å². The highest BCUT2D eigenvalue weighted by molar-refractivity contribution is 5.95. The molecular formula is C25H30N2O5. The molecule has 2 aromatic rings. The number of nitrogens with zero attached hydrogens (tertiary/aromatic N) is 2. The Kier molecular flexibility index (Phi) is 6.65. The average molecular weight is 439 g/mol. The van der Waals surface area contributed by atoms with Gasteiger partial charge in [0.25, 0.3) is 5.91 Å². The van der Waals surface area contributed by atoms with Crippen LogP contribution in [0.5, 0.6) is 11.5 Å². The molecule has 4 rings (SSSR count). The smallest absolute Gasteiger partial charge is 0.253 e. The maximum atomic E-state index is 13.5. The molecule has 2 aliphatic heterocycles. The van der Waals surface area contributed by atoms with E-state index in [0.717, 1.165) is 11.1 Å². The average Bonchev–Trinajstić information content (AvgIpc) is 3.29. The summed E-state index contributed by atoms with van der Waals surface area (Å²) < 4.78 is 16.5. The number of morpholine rings is 1. The molecule has 0 N–H and O–H groups in total. The van der Waals surface area contributed by atoms with Gasteiger partial charge in [-0.1, -0.05) is 17.7 Å². The van der Waals surface area contributed by atoms with Crippen LogP contribution in [0.1, 0.15) is 27.4 Å². The van der Waals surface area contributed by atoms with Crippen molar-refractivity contribution in [3.05, 3.63) is 59.2 Å². The number of ether oxygens (including phenoxy) is 3. The second-order valence-corrected chi connectivity index (χ2v) is 8.33. The van der Waals surface area contributed by atoms with Gasteiger partial charge in [-0.3, -0.25) is 9.59 Å². The standard InChI is InChI=1S/C25H30N2O5/c1-17-4-6-18(7-5-17)24(28)27-15-21(20-14-19(30-2)8-9-23(20)31-3)22(16-27)25(29)26-10-12-32-13-11-26/h4-9,14,21-22H,10-13,15-16H2,1-3H3/t21-,22+/m0/s1.